The number of Topliss-reactive ketones (excluding diaryl/α,β-unsaturated/α-hetero) is 1. The highest BCUT2D eigenvalue weighted by Gasteiger charge is 2.44. The molecular weight excluding hydrogens is 789 g/mol. The van der Waals surface area contributed by atoms with Crippen LogP contribution in [0.15, 0.2) is 97.2 Å². The van der Waals surface area contributed by atoms with Crippen molar-refractivity contribution >= 4 is 29.7 Å². The van der Waals surface area contributed by atoms with Gasteiger partial charge in [0, 0.05) is 57.8 Å². The van der Waals surface area contributed by atoms with Crippen LogP contribution in [0.25, 0.3) is 11.3 Å². The minimum absolute atomic E-state index is 0.0404. The third-order valence-corrected chi connectivity index (χ3v) is 10.6. The Labute approximate surface area is 364 Å². The lowest BCUT2D eigenvalue weighted by Crippen LogP contribution is -2.59. The largest absolute Gasteiger partial charge is 0.453 e. The Bertz CT molecular complexity index is 2140. The third-order valence-electron chi connectivity index (χ3n) is 10.6. The lowest BCUT2D eigenvalue weighted by Gasteiger charge is -2.38. The van der Waals surface area contributed by atoms with Crippen molar-refractivity contribution in [1.29, 1.82) is 0 Å². The summed E-state index contributed by atoms with van der Waals surface area (Å²) in [5.74, 6) is -0.937. The van der Waals surface area contributed by atoms with Crippen molar-refractivity contribution in [2.45, 2.75) is 85.7 Å². The number of aliphatic hydroxyl groups excluding tert-OH is 1. The molecule has 15 heteroatoms. The number of ketones is 1. The van der Waals surface area contributed by atoms with E-state index in [9.17, 15) is 29.1 Å². The highest BCUT2D eigenvalue weighted by Crippen LogP contribution is 2.29. The van der Waals surface area contributed by atoms with Gasteiger partial charge in [0.05, 0.1) is 37.2 Å². The first-order chi connectivity index (χ1) is 29.4. The second-order valence-corrected chi connectivity index (χ2v) is 17.6. The van der Waals surface area contributed by atoms with Gasteiger partial charge in [-0.1, -0.05) is 101 Å². The van der Waals surface area contributed by atoms with Crippen LogP contribution >= 0.6 is 0 Å². The zero-order valence-corrected chi connectivity index (χ0v) is 36.8. The average molecular weight is 849 g/mol. The normalized spacial score (nSPS) is 14.6. The third kappa shape index (κ3) is 13.4. The van der Waals surface area contributed by atoms with Crippen LogP contribution in [-0.4, -0.2) is 111 Å². The average Bonchev–Trinajstić information content (AvgIpc) is 3.57. The number of ether oxygens (including phenoxy) is 1. The number of pyridine rings is 2. The fourth-order valence-electron chi connectivity index (χ4n) is 7.50. The van der Waals surface area contributed by atoms with Gasteiger partial charge in [-0.05, 0) is 52.6 Å². The maximum absolute atomic E-state index is 14.6. The minimum Gasteiger partial charge on any atom is -0.453 e. The number of hydrazine groups is 1. The van der Waals surface area contributed by atoms with Crippen molar-refractivity contribution in [1.82, 2.24) is 40.8 Å². The van der Waals surface area contributed by atoms with E-state index < -0.39 is 41.0 Å². The number of aromatic nitrogens is 2. The number of carbonyl (C=O) groups is 5. The summed E-state index contributed by atoms with van der Waals surface area (Å²) in [5.41, 5.74) is 5.97. The van der Waals surface area contributed by atoms with Gasteiger partial charge >= 0.3 is 12.1 Å². The van der Waals surface area contributed by atoms with Crippen molar-refractivity contribution in [2.75, 3.05) is 33.3 Å². The zero-order valence-electron chi connectivity index (χ0n) is 36.8. The Kier molecular flexibility index (Phi) is 15.9. The van der Waals surface area contributed by atoms with E-state index in [4.69, 9.17) is 4.74 Å². The summed E-state index contributed by atoms with van der Waals surface area (Å²) < 4.78 is 4.70. The van der Waals surface area contributed by atoms with E-state index in [1.54, 1.807) is 39.2 Å². The molecule has 0 saturated carbocycles. The molecular formula is C47H60N8O7. The Hall–Kier alpha value is -6.19. The van der Waals surface area contributed by atoms with Gasteiger partial charge in [-0.2, -0.15) is 0 Å². The number of urea groups is 1. The van der Waals surface area contributed by atoms with Crippen molar-refractivity contribution in [3.05, 3.63) is 120 Å². The molecule has 0 aliphatic carbocycles. The van der Waals surface area contributed by atoms with Crippen LogP contribution in [0.2, 0.25) is 0 Å². The first-order valence-electron chi connectivity index (χ1n) is 20.8. The molecule has 4 aromatic rings. The monoisotopic (exact) mass is 848 g/mol. The lowest BCUT2D eigenvalue weighted by molar-refractivity contribution is -0.132. The van der Waals surface area contributed by atoms with Gasteiger partial charge in [-0.25, -0.2) is 19.6 Å². The van der Waals surface area contributed by atoms with Crippen molar-refractivity contribution in [2.24, 2.45) is 10.8 Å². The summed E-state index contributed by atoms with van der Waals surface area (Å²) >= 11 is 0. The molecule has 3 heterocycles. The van der Waals surface area contributed by atoms with Crippen LogP contribution in [-0.2, 0) is 33.8 Å². The molecule has 1 aliphatic rings. The highest BCUT2D eigenvalue weighted by atomic mass is 16.5. The van der Waals surface area contributed by atoms with Crippen molar-refractivity contribution < 1.29 is 33.8 Å². The molecule has 62 heavy (non-hydrogen) atoms. The number of aliphatic hydroxyl groups is 1. The molecule has 2 aromatic carbocycles. The molecule has 4 N–H and O–H groups in total. The van der Waals surface area contributed by atoms with Crippen LogP contribution in [0.3, 0.4) is 0 Å². The summed E-state index contributed by atoms with van der Waals surface area (Å²) in [5, 5.41) is 19.6. The fourth-order valence-corrected chi connectivity index (χ4v) is 7.50. The van der Waals surface area contributed by atoms with Crippen molar-refractivity contribution in [3.8, 4) is 11.3 Å². The van der Waals surface area contributed by atoms with E-state index in [0.29, 0.717) is 17.9 Å². The first kappa shape index (κ1) is 46.9. The molecule has 1 saturated heterocycles. The summed E-state index contributed by atoms with van der Waals surface area (Å²) in [6.07, 6.45) is 0.228. The van der Waals surface area contributed by atoms with Gasteiger partial charge in [-0.3, -0.25) is 24.8 Å². The standard InChI is InChI=1S/C47H60N8O7/c1-32(56)37-18-13-16-36(50-37)29-53-24-25-55(45(53)61)42(46(2,3)4)43(59)51-39(26-33-14-9-8-10-15-33)40(57)30-54(52-41(58)27-47(5,6)31-49-44(60)62-7)28-34-19-21-35(22-20-34)38-17-11-12-23-48-38/h8-23,39-40,42,57H,24-31H2,1-7H3,(H,49,60)(H,51,59)(H,52,58). The predicted octanol–water partition coefficient (Wildman–Crippen LogP) is 5.39. The second-order valence-electron chi connectivity index (χ2n) is 17.6. The van der Waals surface area contributed by atoms with Crippen LogP contribution < -0.4 is 16.1 Å². The number of nitrogens with zero attached hydrogens (tertiary/aromatic N) is 5. The summed E-state index contributed by atoms with van der Waals surface area (Å²) in [6.45, 7) is 12.0. The van der Waals surface area contributed by atoms with Gasteiger partial charge < -0.3 is 30.3 Å². The molecule has 330 valence electrons. The van der Waals surface area contributed by atoms with E-state index in [1.807, 2.05) is 107 Å². The molecule has 5 rings (SSSR count). The topological polar surface area (TPSA) is 186 Å². The maximum atomic E-state index is 14.6. The SMILES string of the molecule is COC(=O)NCC(C)(C)CC(=O)NN(Cc1ccc(-c2ccccn2)cc1)CC(O)C(Cc1ccccc1)NC(=O)C(N1CCN(Cc2cccc(C(C)=O)n2)C1=O)C(C)(C)C. The Balaban J connectivity index is 1.38. The second kappa shape index (κ2) is 21.1. The van der Waals surface area contributed by atoms with Gasteiger partial charge in [0.1, 0.15) is 11.7 Å². The number of hydrogen-bond acceptors (Lipinski definition) is 10. The van der Waals surface area contributed by atoms with E-state index in [0.717, 1.165) is 22.4 Å². The van der Waals surface area contributed by atoms with E-state index in [-0.39, 0.29) is 63.3 Å². The molecule has 3 unspecified atom stereocenters. The first-order valence-corrected chi connectivity index (χ1v) is 20.8. The molecule has 1 aliphatic heterocycles. The fraction of sp³-hybridized carbons (Fsp3) is 0.426. The quantitative estimate of drug-likeness (QED) is 0.0704. The Morgan fingerprint density at radius 1 is 0.887 bits per heavy atom. The molecule has 0 bridgehead atoms. The zero-order chi connectivity index (χ0) is 45.0. The molecule has 0 radical (unpaired) electrons. The number of alkyl carbamates (subject to hydrolysis) is 1. The number of nitrogens with one attached hydrogen (secondary N) is 3. The van der Waals surface area contributed by atoms with Gasteiger partial charge in [0.25, 0.3) is 0 Å². The number of carbonyl (C=O) groups excluding carboxylic acids is 5. The number of rotatable bonds is 19. The highest BCUT2D eigenvalue weighted by molar-refractivity contribution is 5.92. The summed E-state index contributed by atoms with van der Waals surface area (Å²) in [6, 6.07) is 26.0. The van der Waals surface area contributed by atoms with Crippen LogP contribution in [0.4, 0.5) is 9.59 Å². The summed E-state index contributed by atoms with van der Waals surface area (Å²) in [7, 11) is 1.27. The number of benzene rings is 2. The maximum Gasteiger partial charge on any atom is 0.406 e. The Morgan fingerprint density at radius 3 is 2.24 bits per heavy atom. The minimum atomic E-state index is -1.20. The van der Waals surface area contributed by atoms with E-state index in [1.165, 1.54) is 14.0 Å². The van der Waals surface area contributed by atoms with E-state index >= 15 is 0 Å². The van der Waals surface area contributed by atoms with Gasteiger partial charge in [-0.15, -0.1) is 0 Å². The van der Waals surface area contributed by atoms with Gasteiger partial charge in [0.2, 0.25) is 11.8 Å². The lowest BCUT2D eigenvalue weighted by atomic mass is 9.84. The Morgan fingerprint density at radius 2 is 1.60 bits per heavy atom. The molecule has 5 amide bonds. The van der Waals surface area contributed by atoms with Gasteiger partial charge in [0.15, 0.2) is 5.78 Å². The summed E-state index contributed by atoms with van der Waals surface area (Å²) in [4.78, 5) is 78.1. The van der Waals surface area contributed by atoms with Crippen LogP contribution in [0.5, 0.6) is 0 Å². The van der Waals surface area contributed by atoms with E-state index in [2.05, 4.69) is 26.0 Å². The number of amides is 5. The molecule has 2 aromatic heterocycles. The molecule has 15 nitrogen and oxygen atoms in total. The number of methoxy groups -OCH3 is 1. The molecule has 1 fully saturated rings. The molecule has 3 atom stereocenters. The van der Waals surface area contributed by atoms with Crippen LogP contribution in [0.1, 0.15) is 75.3 Å². The van der Waals surface area contributed by atoms with Crippen molar-refractivity contribution in [3.63, 3.8) is 0 Å². The predicted molar refractivity (Wildman–Crippen MR) is 235 cm³/mol. The van der Waals surface area contributed by atoms with Crippen LogP contribution in [0, 0.1) is 10.8 Å². The smallest absolute Gasteiger partial charge is 0.406 e. The number of hydrogen-bond donors (Lipinski definition) is 4. The molecule has 0 spiro atoms.